The average Bonchev–Trinajstić information content (AvgIpc) is 2.88. The Morgan fingerprint density at radius 1 is 1.11 bits per heavy atom. The highest BCUT2D eigenvalue weighted by Gasteiger charge is 2.17. The van der Waals surface area contributed by atoms with Crippen LogP contribution in [0.1, 0.15) is 27.0 Å². The fourth-order valence-electron chi connectivity index (χ4n) is 2.19. The van der Waals surface area contributed by atoms with Crippen LogP contribution in [0.3, 0.4) is 0 Å². The summed E-state index contributed by atoms with van der Waals surface area (Å²) < 4.78 is 5.34. The number of nitrogens with two attached hydrogens (primary N) is 1. The minimum absolute atomic E-state index is 0.116. The first-order valence-corrected chi connectivity index (χ1v) is 6.32. The Morgan fingerprint density at radius 3 is 2.74 bits per heavy atom. The van der Waals surface area contributed by atoms with E-state index in [0.29, 0.717) is 35.1 Å². The van der Waals surface area contributed by atoms with Gasteiger partial charge in [0, 0.05) is 21.8 Å². The van der Waals surface area contributed by atoms with E-state index in [1.165, 1.54) is 0 Å². The van der Waals surface area contributed by atoms with Crippen molar-refractivity contribution in [2.45, 2.75) is 13.2 Å². The van der Waals surface area contributed by atoms with E-state index in [1.54, 1.807) is 24.3 Å². The van der Waals surface area contributed by atoms with Gasteiger partial charge in [-0.3, -0.25) is 4.79 Å². The third kappa shape index (κ3) is 2.23. The average molecular weight is 274 g/mol. The van der Waals surface area contributed by atoms with Gasteiger partial charge in [0.15, 0.2) is 5.78 Å². The fourth-order valence-corrected chi connectivity index (χ4v) is 2.37. The summed E-state index contributed by atoms with van der Waals surface area (Å²) in [6.45, 7) is 1.17. The highest BCUT2D eigenvalue weighted by molar-refractivity contribution is 6.31. The molecule has 0 saturated heterocycles. The maximum Gasteiger partial charge on any atom is 0.195 e. The molecule has 1 aliphatic rings. The van der Waals surface area contributed by atoms with Crippen molar-refractivity contribution in [1.82, 2.24) is 0 Å². The molecule has 0 bridgehead atoms. The molecule has 0 aromatic heterocycles. The van der Waals surface area contributed by atoms with Gasteiger partial charge in [0.05, 0.1) is 13.2 Å². The summed E-state index contributed by atoms with van der Waals surface area (Å²) in [6.07, 6.45) is 0. The topological polar surface area (TPSA) is 52.3 Å². The number of hydrogen-bond acceptors (Lipinski definition) is 3. The molecule has 1 heterocycles. The van der Waals surface area contributed by atoms with Crippen molar-refractivity contribution in [3.63, 3.8) is 0 Å². The summed E-state index contributed by atoms with van der Waals surface area (Å²) in [5, 5.41) is 0.502. The number of hydrogen-bond donors (Lipinski definition) is 1. The number of anilines is 1. The first kappa shape index (κ1) is 12.2. The summed E-state index contributed by atoms with van der Waals surface area (Å²) in [7, 11) is 0. The highest BCUT2D eigenvalue weighted by atomic mass is 35.5. The Hall–Kier alpha value is -1.84. The van der Waals surface area contributed by atoms with Crippen molar-refractivity contribution >= 4 is 23.1 Å². The van der Waals surface area contributed by atoms with Crippen molar-refractivity contribution in [2.24, 2.45) is 0 Å². The first-order valence-electron chi connectivity index (χ1n) is 5.94. The van der Waals surface area contributed by atoms with Gasteiger partial charge in [-0.15, -0.1) is 0 Å². The molecule has 0 aliphatic carbocycles. The van der Waals surface area contributed by atoms with Crippen molar-refractivity contribution in [3.05, 3.63) is 63.7 Å². The monoisotopic (exact) mass is 273 g/mol. The lowest BCUT2D eigenvalue weighted by Gasteiger charge is -2.07. The van der Waals surface area contributed by atoms with Crippen molar-refractivity contribution in [2.75, 3.05) is 5.73 Å². The molecule has 0 radical (unpaired) electrons. The molecule has 0 saturated carbocycles. The molecule has 96 valence electrons. The van der Waals surface area contributed by atoms with Gasteiger partial charge in [-0.05, 0) is 35.4 Å². The normalized spacial score (nSPS) is 13.3. The zero-order valence-electron chi connectivity index (χ0n) is 10.2. The van der Waals surface area contributed by atoms with Gasteiger partial charge < -0.3 is 10.5 Å². The molecule has 4 heteroatoms. The molecule has 1 aliphatic heterocycles. The number of halogens is 1. The zero-order chi connectivity index (χ0) is 13.4. The van der Waals surface area contributed by atoms with Gasteiger partial charge in [0.25, 0.3) is 0 Å². The predicted octanol–water partition coefficient (Wildman–Crippen LogP) is 3.18. The number of rotatable bonds is 2. The quantitative estimate of drug-likeness (QED) is 0.675. The number of ether oxygens (including phenoxy) is 1. The standard InChI is InChI=1S/C15H12ClNO2/c16-12-3-4-14(17)13(6-12)15(18)9-1-2-10-7-19-8-11(10)5-9/h1-6H,7-8,17H2. The largest absolute Gasteiger partial charge is 0.398 e. The lowest BCUT2D eigenvalue weighted by molar-refractivity contribution is 0.103. The van der Waals surface area contributed by atoms with Gasteiger partial charge in [0.1, 0.15) is 0 Å². The van der Waals surface area contributed by atoms with Gasteiger partial charge in [-0.2, -0.15) is 0 Å². The number of benzene rings is 2. The molecule has 3 rings (SSSR count). The summed E-state index contributed by atoms with van der Waals surface area (Å²) in [4.78, 5) is 12.4. The molecular formula is C15H12ClNO2. The molecule has 0 spiro atoms. The van der Waals surface area contributed by atoms with Crippen LogP contribution in [0, 0.1) is 0 Å². The molecule has 0 unspecified atom stereocenters. The second-order valence-electron chi connectivity index (χ2n) is 4.54. The smallest absolute Gasteiger partial charge is 0.195 e. The van der Waals surface area contributed by atoms with Crippen LogP contribution in [-0.4, -0.2) is 5.78 Å². The van der Waals surface area contributed by atoms with Gasteiger partial charge in [-0.1, -0.05) is 23.7 Å². The summed E-state index contributed by atoms with van der Waals surface area (Å²) in [6, 6.07) is 10.5. The van der Waals surface area contributed by atoms with Gasteiger partial charge >= 0.3 is 0 Å². The number of fused-ring (bicyclic) bond motifs is 1. The maximum absolute atomic E-state index is 12.4. The van der Waals surface area contributed by atoms with Crippen LogP contribution in [0.5, 0.6) is 0 Å². The lowest BCUT2D eigenvalue weighted by Crippen LogP contribution is -2.06. The second-order valence-corrected chi connectivity index (χ2v) is 4.97. The number of nitrogen functional groups attached to an aromatic ring is 1. The minimum atomic E-state index is -0.116. The van der Waals surface area contributed by atoms with Crippen LogP contribution in [0.15, 0.2) is 36.4 Å². The van der Waals surface area contributed by atoms with Gasteiger partial charge in [-0.25, -0.2) is 0 Å². The molecule has 19 heavy (non-hydrogen) atoms. The molecule has 0 atom stereocenters. The third-order valence-corrected chi connectivity index (χ3v) is 3.48. The molecule has 0 amide bonds. The van der Waals surface area contributed by atoms with Crippen molar-refractivity contribution < 1.29 is 9.53 Å². The summed E-state index contributed by atoms with van der Waals surface area (Å²) >= 11 is 5.91. The molecule has 2 aromatic rings. The number of ketones is 1. The van der Waals surface area contributed by atoms with E-state index in [9.17, 15) is 4.79 Å². The Labute approximate surface area is 115 Å². The van der Waals surface area contributed by atoms with E-state index in [-0.39, 0.29) is 5.78 Å². The van der Waals surface area contributed by atoms with Crippen LogP contribution in [0.2, 0.25) is 5.02 Å². The van der Waals surface area contributed by atoms with Crippen molar-refractivity contribution in [1.29, 1.82) is 0 Å². The SMILES string of the molecule is Nc1ccc(Cl)cc1C(=O)c1ccc2c(c1)COC2. The fraction of sp³-hybridized carbons (Fsp3) is 0.133. The molecule has 2 aromatic carbocycles. The van der Waals surface area contributed by atoms with E-state index < -0.39 is 0 Å². The molecule has 0 fully saturated rings. The lowest BCUT2D eigenvalue weighted by atomic mass is 9.98. The number of carbonyl (C=O) groups excluding carboxylic acids is 1. The maximum atomic E-state index is 12.4. The Kier molecular flexibility index (Phi) is 3.01. The zero-order valence-corrected chi connectivity index (χ0v) is 10.9. The van der Waals surface area contributed by atoms with Crippen molar-refractivity contribution in [3.8, 4) is 0 Å². The molecule has 2 N–H and O–H groups in total. The van der Waals surface area contributed by atoms with Crippen LogP contribution in [0.25, 0.3) is 0 Å². The first-order chi connectivity index (χ1) is 9.15. The van der Waals surface area contributed by atoms with Crippen LogP contribution >= 0.6 is 11.6 Å². The summed E-state index contributed by atoms with van der Waals surface area (Å²) in [5.74, 6) is -0.116. The minimum Gasteiger partial charge on any atom is -0.398 e. The van der Waals surface area contributed by atoms with E-state index in [2.05, 4.69) is 0 Å². The molecular weight excluding hydrogens is 262 g/mol. The second kappa shape index (κ2) is 4.68. The highest BCUT2D eigenvalue weighted by Crippen LogP contribution is 2.25. The van der Waals surface area contributed by atoms with E-state index in [4.69, 9.17) is 22.1 Å². The van der Waals surface area contributed by atoms with E-state index in [1.807, 2.05) is 12.1 Å². The van der Waals surface area contributed by atoms with Crippen LogP contribution < -0.4 is 5.73 Å². The van der Waals surface area contributed by atoms with E-state index >= 15 is 0 Å². The Balaban J connectivity index is 2.02. The Bertz CT molecular complexity index is 667. The predicted molar refractivity (Wildman–Crippen MR) is 74.2 cm³/mol. The van der Waals surface area contributed by atoms with Crippen LogP contribution in [0.4, 0.5) is 5.69 Å². The van der Waals surface area contributed by atoms with Crippen LogP contribution in [-0.2, 0) is 18.0 Å². The van der Waals surface area contributed by atoms with Gasteiger partial charge in [0.2, 0.25) is 0 Å². The molecule has 3 nitrogen and oxygen atoms in total. The Morgan fingerprint density at radius 2 is 1.89 bits per heavy atom. The van der Waals surface area contributed by atoms with E-state index in [0.717, 1.165) is 11.1 Å². The third-order valence-electron chi connectivity index (χ3n) is 3.24. The number of carbonyl (C=O) groups is 1. The summed E-state index contributed by atoms with van der Waals surface area (Å²) in [5.41, 5.74) is 9.51.